The van der Waals surface area contributed by atoms with E-state index >= 15 is 0 Å². The fourth-order valence-electron chi connectivity index (χ4n) is 1.88. The van der Waals surface area contributed by atoms with Gasteiger partial charge in [0.25, 0.3) is 0 Å². The number of aliphatic carboxylic acids is 1. The van der Waals surface area contributed by atoms with E-state index in [1.54, 1.807) is 12.1 Å². The highest BCUT2D eigenvalue weighted by molar-refractivity contribution is 5.66. The van der Waals surface area contributed by atoms with Crippen molar-refractivity contribution < 1.29 is 23.4 Å². The van der Waals surface area contributed by atoms with Crippen molar-refractivity contribution in [2.75, 3.05) is 13.6 Å². The number of rotatable bonds is 8. The molecule has 20 heavy (non-hydrogen) atoms. The number of carbonyl (C=O) groups is 1. The average Bonchev–Trinajstić information content (AvgIpc) is 2.36. The molecule has 1 atom stereocenters. The van der Waals surface area contributed by atoms with Gasteiger partial charge in [-0.25, -0.2) is 0 Å². The van der Waals surface area contributed by atoms with Crippen LogP contribution in [0.1, 0.15) is 31.4 Å². The van der Waals surface area contributed by atoms with Crippen LogP contribution >= 0.6 is 0 Å². The standard InChI is InChI=1S/C14H19F2NO3/c1-10(17(2)8-4-7-13(18)19)11-5-3-6-12(9-11)20-14(15)16/h3,5-6,9-10,14H,4,7-8H2,1-2H3,(H,18,19). The summed E-state index contributed by atoms with van der Waals surface area (Å²) in [4.78, 5) is 12.4. The second-order valence-electron chi connectivity index (χ2n) is 4.60. The Bertz CT molecular complexity index is 440. The minimum atomic E-state index is -2.84. The molecule has 0 aliphatic heterocycles. The quantitative estimate of drug-likeness (QED) is 0.798. The molecule has 6 heteroatoms. The zero-order valence-electron chi connectivity index (χ0n) is 11.6. The molecule has 0 heterocycles. The molecule has 112 valence electrons. The van der Waals surface area contributed by atoms with Gasteiger partial charge in [-0.1, -0.05) is 12.1 Å². The Balaban J connectivity index is 2.61. The molecule has 4 nitrogen and oxygen atoms in total. The molecule has 0 amide bonds. The van der Waals surface area contributed by atoms with E-state index in [-0.39, 0.29) is 18.2 Å². The summed E-state index contributed by atoms with van der Waals surface area (Å²) < 4.78 is 28.7. The van der Waals surface area contributed by atoms with Gasteiger partial charge in [0.1, 0.15) is 5.75 Å². The van der Waals surface area contributed by atoms with Gasteiger partial charge in [0, 0.05) is 12.5 Å². The first-order valence-corrected chi connectivity index (χ1v) is 6.37. The maximum absolute atomic E-state index is 12.2. The molecule has 1 rings (SSSR count). The largest absolute Gasteiger partial charge is 0.481 e. The Hall–Kier alpha value is -1.69. The summed E-state index contributed by atoms with van der Waals surface area (Å²) >= 11 is 0. The fourth-order valence-corrected chi connectivity index (χ4v) is 1.88. The van der Waals surface area contributed by atoms with Crippen molar-refractivity contribution in [2.45, 2.75) is 32.4 Å². The highest BCUT2D eigenvalue weighted by Gasteiger charge is 2.13. The first kappa shape index (κ1) is 16.4. The molecule has 0 fully saturated rings. The van der Waals surface area contributed by atoms with Crippen molar-refractivity contribution in [3.8, 4) is 5.75 Å². The summed E-state index contributed by atoms with van der Waals surface area (Å²) in [7, 11) is 1.87. The molecule has 0 aromatic heterocycles. The SMILES string of the molecule is CC(c1cccc(OC(F)F)c1)N(C)CCCC(=O)O. The van der Waals surface area contributed by atoms with Crippen LogP contribution in [-0.2, 0) is 4.79 Å². The van der Waals surface area contributed by atoms with Crippen LogP contribution < -0.4 is 4.74 Å². The van der Waals surface area contributed by atoms with Gasteiger partial charge in [0.15, 0.2) is 0 Å². The number of halogens is 2. The van der Waals surface area contributed by atoms with Gasteiger partial charge in [0.05, 0.1) is 0 Å². The summed E-state index contributed by atoms with van der Waals surface area (Å²) in [6, 6.07) is 6.54. The third kappa shape index (κ3) is 5.52. The number of ether oxygens (including phenoxy) is 1. The van der Waals surface area contributed by atoms with E-state index in [4.69, 9.17) is 5.11 Å². The summed E-state index contributed by atoms with van der Waals surface area (Å²) in [5.74, 6) is -0.693. The van der Waals surface area contributed by atoms with Crippen LogP contribution in [0.2, 0.25) is 0 Å². The van der Waals surface area contributed by atoms with E-state index < -0.39 is 12.6 Å². The fraction of sp³-hybridized carbons (Fsp3) is 0.500. The van der Waals surface area contributed by atoms with Crippen molar-refractivity contribution in [2.24, 2.45) is 0 Å². The first-order valence-electron chi connectivity index (χ1n) is 6.37. The molecule has 0 aliphatic carbocycles. The molecule has 0 aliphatic rings. The molecule has 0 spiro atoms. The molecule has 1 aromatic carbocycles. The molecular weight excluding hydrogens is 268 g/mol. The molecule has 1 aromatic rings. The smallest absolute Gasteiger partial charge is 0.387 e. The molecule has 1 N–H and O–H groups in total. The number of hydrogen-bond acceptors (Lipinski definition) is 3. The molecular formula is C14H19F2NO3. The lowest BCUT2D eigenvalue weighted by Gasteiger charge is -2.25. The minimum absolute atomic E-state index is 0.00924. The number of nitrogens with zero attached hydrogens (tertiary/aromatic N) is 1. The van der Waals surface area contributed by atoms with Gasteiger partial charge >= 0.3 is 12.6 Å². The van der Waals surface area contributed by atoms with Crippen LogP contribution in [0.5, 0.6) is 5.75 Å². The van der Waals surface area contributed by atoms with Crippen molar-refractivity contribution in [3.05, 3.63) is 29.8 Å². The predicted molar refractivity (Wildman–Crippen MR) is 71.0 cm³/mol. The summed E-state index contributed by atoms with van der Waals surface area (Å²) in [6.45, 7) is -0.288. The Morgan fingerprint density at radius 1 is 1.45 bits per heavy atom. The topological polar surface area (TPSA) is 49.8 Å². The van der Waals surface area contributed by atoms with Crippen LogP contribution in [0.4, 0.5) is 8.78 Å². The highest BCUT2D eigenvalue weighted by Crippen LogP contribution is 2.24. The Labute approximate surface area is 117 Å². The Morgan fingerprint density at radius 3 is 2.75 bits per heavy atom. The second-order valence-corrected chi connectivity index (χ2v) is 4.60. The van der Waals surface area contributed by atoms with Crippen molar-refractivity contribution in [1.82, 2.24) is 4.90 Å². The van der Waals surface area contributed by atoms with Crippen LogP contribution in [0.15, 0.2) is 24.3 Å². The minimum Gasteiger partial charge on any atom is -0.481 e. The number of benzene rings is 1. The number of alkyl halides is 2. The third-order valence-corrected chi connectivity index (χ3v) is 3.13. The van der Waals surface area contributed by atoms with Gasteiger partial charge in [-0.15, -0.1) is 0 Å². The Morgan fingerprint density at radius 2 is 2.15 bits per heavy atom. The van der Waals surface area contributed by atoms with E-state index in [0.717, 1.165) is 5.56 Å². The lowest BCUT2D eigenvalue weighted by atomic mass is 10.1. The van der Waals surface area contributed by atoms with Crippen LogP contribution in [-0.4, -0.2) is 36.2 Å². The van der Waals surface area contributed by atoms with Gasteiger partial charge in [-0.05, 0) is 44.6 Å². The Kier molecular flexibility index (Phi) is 6.38. The number of hydrogen-bond donors (Lipinski definition) is 1. The molecule has 1 unspecified atom stereocenters. The zero-order valence-corrected chi connectivity index (χ0v) is 11.6. The summed E-state index contributed by atoms with van der Waals surface area (Å²) in [6.07, 6.45) is 0.662. The number of carboxylic acid groups (broad SMARTS) is 1. The summed E-state index contributed by atoms with van der Waals surface area (Å²) in [5.41, 5.74) is 0.848. The van der Waals surface area contributed by atoms with Crippen molar-refractivity contribution in [1.29, 1.82) is 0 Å². The normalized spacial score (nSPS) is 12.7. The highest BCUT2D eigenvalue weighted by atomic mass is 19.3. The molecule has 0 saturated carbocycles. The van der Waals surface area contributed by atoms with Gasteiger partial charge in [0.2, 0.25) is 0 Å². The predicted octanol–water partition coefficient (Wildman–Crippen LogP) is 3.15. The second kappa shape index (κ2) is 7.79. The monoisotopic (exact) mass is 287 g/mol. The van der Waals surface area contributed by atoms with Gasteiger partial charge < -0.3 is 9.84 Å². The van der Waals surface area contributed by atoms with E-state index in [9.17, 15) is 13.6 Å². The van der Waals surface area contributed by atoms with Crippen LogP contribution in [0.25, 0.3) is 0 Å². The summed E-state index contributed by atoms with van der Waals surface area (Å²) in [5, 5.41) is 8.60. The maximum Gasteiger partial charge on any atom is 0.387 e. The molecule has 0 radical (unpaired) electrons. The lowest BCUT2D eigenvalue weighted by Crippen LogP contribution is -2.24. The van der Waals surface area contributed by atoms with Crippen LogP contribution in [0.3, 0.4) is 0 Å². The lowest BCUT2D eigenvalue weighted by molar-refractivity contribution is -0.137. The van der Waals surface area contributed by atoms with Crippen molar-refractivity contribution >= 4 is 5.97 Å². The molecule has 0 saturated heterocycles. The van der Waals surface area contributed by atoms with E-state index in [1.165, 1.54) is 6.07 Å². The average molecular weight is 287 g/mol. The van der Waals surface area contributed by atoms with Crippen molar-refractivity contribution in [3.63, 3.8) is 0 Å². The van der Waals surface area contributed by atoms with E-state index in [2.05, 4.69) is 4.74 Å². The van der Waals surface area contributed by atoms with E-state index in [1.807, 2.05) is 24.9 Å². The molecule has 0 bridgehead atoms. The number of carboxylic acids is 1. The van der Waals surface area contributed by atoms with Gasteiger partial charge in [-0.2, -0.15) is 8.78 Å². The van der Waals surface area contributed by atoms with E-state index in [0.29, 0.717) is 13.0 Å². The third-order valence-electron chi connectivity index (χ3n) is 3.13. The zero-order chi connectivity index (χ0) is 15.1. The maximum atomic E-state index is 12.2. The van der Waals surface area contributed by atoms with Crippen LogP contribution in [0, 0.1) is 0 Å². The first-order chi connectivity index (χ1) is 9.40. The van der Waals surface area contributed by atoms with Gasteiger partial charge in [-0.3, -0.25) is 9.69 Å².